The van der Waals surface area contributed by atoms with Crippen molar-refractivity contribution in [1.29, 1.82) is 0 Å². The summed E-state index contributed by atoms with van der Waals surface area (Å²) in [6.07, 6.45) is 3.08. The Morgan fingerprint density at radius 3 is 3.16 bits per heavy atom. The predicted molar refractivity (Wildman–Crippen MR) is 74.3 cm³/mol. The molecule has 2 N–H and O–H groups in total. The van der Waals surface area contributed by atoms with Crippen molar-refractivity contribution in [1.82, 2.24) is 4.90 Å². The zero-order chi connectivity index (χ0) is 13.2. The van der Waals surface area contributed by atoms with E-state index in [0.717, 1.165) is 43.6 Å². The van der Waals surface area contributed by atoms with Crippen LogP contribution in [-0.2, 0) is 6.42 Å². The van der Waals surface area contributed by atoms with E-state index in [9.17, 15) is 4.79 Å². The number of nitrogens with zero attached hydrogens (tertiary/aromatic N) is 1. The lowest BCUT2D eigenvalue weighted by Crippen LogP contribution is -2.29. The van der Waals surface area contributed by atoms with Crippen molar-refractivity contribution in [2.24, 2.45) is 5.92 Å². The number of anilines is 1. The van der Waals surface area contributed by atoms with E-state index in [4.69, 9.17) is 5.11 Å². The number of aryl methyl sites for hydroxylation is 1. The van der Waals surface area contributed by atoms with Gasteiger partial charge in [0.2, 0.25) is 0 Å². The molecule has 4 heteroatoms. The number of hydrogen-bond donors (Lipinski definition) is 2. The number of amides is 1. The molecule has 2 aliphatic heterocycles. The minimum absolute atomic E-state index is 0.101. The first-order valence-corrected chi connectivity index (χ1v) is 7.05. The predicted octanol–water partition coefficient (Wildman–Crippen LogP) is 1.50. The van der Waals surface area contributed by atoms with Gasteiger partial charge in [0.25, 0.3) is 5.91 Å². The summed E-state index contributed by atoms with van der Waals surface area (Å²) in [6, 6.07) is 5.95. The van der Waals surface area contributed by atoms with Crippen molar-refractivity contribution >= 4 is 11.6 Å². The molecule has 19 heavy (non-hydrogen) atoms. The molecule has 2 heterocycles. The van der Waals surface area contributed by atoms with Gasteiger partial charge in [-0.25, -0.2) is 0 Å². The first-order valence-electron chi connectivity index (χ1n) is 7.05. The standard InChI is InChI=1S/C15H20N2O2/c18-10-11-5-7-17(9-11)15(19)13-3-4-14-12(8-13)2-1-6-16-14/h3-4,8,11,16,18H,1-2,5-7,9-10H2. The Kier molecular flexibility index (Phi) is 3.42. The minimum atomic E-state index is 0.101. The fraction of sp³-hybridized carbons (Fsp3) is 0.533. The van der Waals surface area contributed by atoms with Gasteiger partial charge in [-0.1, -0.05) is 0 Å². The van der Waals surface area contributed by atoms with Gasteiger partial charge in [0.15, 0.2) is 0 Å². The molecule has 1 aromatic rings. The molecule has 1 fully saturated rings. The van der Waals surface area contributed by atoms with Gasteiger partial charge >= 0.3 is 0 Å². The van der Waals surface area contributed by atoms with Gasteiger partial charge in [0.05, 0.1) is 0 Å². The number of nitrogens with one attached hydrogen (secondary N) is 1. The molecule has 1 amide bonds. The number of aliphatic hydroxyl groups is 1. The number of hydrogen-bond acceptors (Lipinski definition) is 3. The second kappa shape index (κ2) is 5.21. The highest BCUT2D eigenvalue weighted by atomic mass is 16.3. The molecular formula is C15H20N2O2. The molecule has 0 spiro atoms. The third-order valence-electron chi connectivity index (χ3n) is 4.12. The van der Waals surface area contributed by atoms with Gasteiger partial charge < -0.3 is 15.3 Å². The van der Waals surface area contributed by atoms with Crippen LogP contribution in [0.3, 0.4) is 0 Å². The quantitative estimate of drug-likeness (QED) is 0.847. The second-order valence-corrected chi connectivity index (χ2v) is 5.49. The molecular weight excluding hydrogens is 240 g/mol. The van der Waals surface area contributed by atoms with Crippen LogP contribution in [0.2, 0.25) is 0 Å². The van der Waals surface area contributed by atoms with Gasteiger partial charge in [-0.05, 0) is 43.0 Å². The van der Waals surface area contributed by atoms with Crippen LogP contribution in [0.1, 0.15) is 28.8 Å². The van der Waals surface area contributed by atoms with Crippen molar-refractivity contribution in [2.45, 2.75) is 19.3 Å². The topological polar surface area (TPSA) is 52.6 Å². The maximum atomic E-state index is 12.4. The average Bonchev–Trinajstić information content (AvgIpc) is 2.95. The lowest BCUT2D eigenvalue weighted by Gasteiger charge is -2.20. The third kappa shape index (κ3) is 2.45. The molecule has 1 atom stereocenters. The summed E-state index contributed by atoms with van der Waals surface area (Å²) in [7, 11) is 0. The third-order valence-corrected chi connectivity index (χ3v) is 4.12. The first-order chi connectivity index (χ1) is 9.28. The number of carbonyl (C=O) groups is 1. The molecule has 3 rings (SSSR count). The molecule has 1 aromatic carbocycles. The monoisotopic (exact) mass is 260 g/mol. The van der Waals surface area contributed by atoms with E-state index < -0.39 is 0 Å². The molecule has 0 aromatic heterocycles. The number of carbonyl (C=O) groups excluding carboxylic acids is 1. The van der Waals surface area contributed by atoms with Crippen molar-refractivity contribution < 1.29 is 9.90 Å². The van der Waals surface area contributed by atoms with Crippen LogP contribution in [0.4, 0.5) is 5.69 Å². The lowest BCUT2D eigenvalue weighted by molar-refractivity contribution is 0.0782. The maximum absolute atomic E-state index is 12.4. The molecule has 0 radical (unpaired) electrons. The van der Waals surface area contributed by atoms with E-state index in [1.54, 1.807) is 0 Å². The summed E-state index contributed by atoms with van der Waals surface area (Å²) in [5.74, 6) is 0.354. The van der Waals surface area contributed by atoms with E-state index >= 15 is 0 Å². The molecule has 102 valence electrons. The van der Waals surface area contributed by atoms with Crippen LogP contribution in [-0.4, -0.2) is 42.2 Å². The summed E-state index contributed by atoms with van der Waals surface area (Å²) in [5, 5.41) is 12.5. The Balaban J connectivity index is 1.77. The normalized spacial score (nSPS) is 21.9. The fourth-order valence-corrected chi connectivity index (χ4v) is 2.96. The number of rotatable bonds is 2. The van der Waals surface area contributed by atoms with E-state index in [0.29, 0.717) is 6.54 Å². The molecule has 1 saturated heterocycles. The molecule has 1 unspecified atom stereocenters. The van der Waals surface area contributed by atoms with Gasteiger partial charge in [-0.15, -0.1) is 0 Å². The Hall–Kier alpha value is -1.55. The molecule has 0 saturated carbocycles. The van der Waals surface area contributed by atoms with Crippen LogP contribution in [0, 0.1) is 5.92 Å². The SMILES string of the molecule is O=C(c1ccc2c(c1)CCCN2)N1CCC(CO)C1. The highest BCUT2D eigenvalue weighted by Gasteiger charge is 2.26. The average molecular weight is 260 g/mol. The van der Waals surface area contributed by atoms with Crippen LogP contribution in [0.5, 0.6) is 0 Å². The van der Waals surface area contributed by atoms with Crippen LogP contribution >= 0.6 is 0 Å². The van der Waals surface area contributed by atoms with Gasteiger partial charge in [0, 0.05) is 43.4 Å². The van der Waals surface area contributed by atoms with Crippen molar-refractivity contribution in [3.8, 4) is 0 Å². The summed E-state index contributed by atoms with van der Waals surface area (Å²) in [5.41, 5.74) is 3.19. The number of likely N-dealkylation sites (tertiary alicyclic amines) is 1. The molecule has 0 aliphatic carbocycles. The lowest BCUT2D eigenvalue weighted by atomic mass is 10.0. The fourth-order valence-electron chi connectivity index (χ4n) is 2.96. The second-order valence-electron chi connectivity index (χ2n) is 5.49. The smallest absolute Gasteiger partial charge is 0.253 e. The van der Waals surface area contributed by atoms with Gasteiger partial charge in [-0.2, -0.15) is 0 Å². The van der Waals surface area contributed by atoms with Crippen molar-refractivity contribution in [2.75, 3.05) is 31.6 Å². The van der Waals surface area contributed by atoms with Crippen molar-refractivity contribution in [3.63, 3.8) is 0 Å². The number of aliphatic hydroxyl groups excluding tert-OH is 1. The maximum Gasteiger partial charge on any atom is 0.253 e. The van der Waals surface area contributed by atoms with E-state index in [1.807, 2.05) is 23.1 Å². The highest BCUT2D eigenvalue weighted by molar-refractivity contribution is 5.95. The van der Waals surface area contributed by atoms with E-state index in [2.05, 4.69) is 5.32 Å². The van der Waals surface area contributed by atoms with Crippen LogP contribution < -0.4 is 5.32 Å². The zero-order valence-corrected chi connectivity index (χ0v) is 11.1. The Morgan fingerprint density at radius 2 is 2.37 bits per heavy atom. The number of benzene rings is 1. The molecule has 2 aliphatic rings. The van der Waals surface area contributed by atoms with Crippen LogP contribution in [0.15, 0.2) is 18.2 Å². The summed E-state index contributed by atoms with van der Waals surface area (Å²) < 4.78 is 0. The van der Waals surface area contributed by atoms with Gasteiger partial charge in [-0.3, -0.25) is 4.79 Å². The largest absolute Gasteiger partial charge is 0.396 e. The van der Waals surface area contributed by atoms with Crippen molar-refractivity contribution in [3.05, 3.63) is 29.3 Å². The summed E-state index contributed by atoms with van der Waals surface area (Å²) >= 11 is 0. The summed E-state index contributed by atoms with van der Waals surface area (Å²) in [4.78, 5) is 14.3. The Morgan fingerprint density at radius 1 is 1.47 bits per heavy atom. The first kappa shape index (κ1) is 12.5. The Bertz CT molecular complexity index is 487. The van der Waals surface area contributed by atoms with Gasteiger partial charge in [0.1, 0.15) is 0 Å². The minimum Gasteiger partial charge on any atom is -0.396 e. The van der Waals surface area contributed by atoms with Crippen LogP contribution in [0.25, 0.3) is 0 Å². The number of fused-ring (bicyclic) bond motifs is 1. The summed E-state index contributed by atoms with van der Waals surface area (Å²) in [6.45, 7) is 2.65. The van der Waals surface area contributed by atoms with E-state index in [-0.39, 0.29) is 18.4 Å². The molecule has 0 bridgehead atoms. The zero-order valence-electron chi connectivity index (χ0n) is 11.1. The highest BCUT2D eigenvalue weighted by Crippen LogP contribution is 2.25. The van der Waals surface area contributed by atoms with E-state index in [1.165, 1.54) is 5.56 Å². The Labute approximate surface area is 113 Å². The molecule has 4 nitrogen and oxygen atoms in total.